The summed E-state index contributed by atoms with van der Waals surface area (Å²) in [6.45, 7) is 2.05. The van der Waals surface area contributed by atoms with Gasteiger partial charge in [0.15, 0.2) is 0 Å². The highest BCUT2D eigenvalue weighted by molar-refractivity contribution is 5.95. The van der Waals surface area contributed by atoms with Crippen molar-refractivity contribution in [2.24, 2.45) is 5.41 Å². The third kappa shape index (κ3) is 2.46. The average Bonchev–Trinajstić information content (AvgIpc) is 3.13. The summed E-state index contributed by atoms with van der Waals surface area (Å²) in [5.41, 5.74) is 6.28. The lowest BCUT2D eigenvalue weighted by Gasteiger charge is -2.13. The molecule has 0 heterocycles. The first-order valence-electron chi connectivity index (χ1n) is 5.92. The van der Waals surface area contributed by atoms with E-state index >= 15 is 0 Å². The van der Waals surface area contributed by atoms with Gasteiger partial charge < -0.3 is 16.2 Å². The molecule has 98 valence electrons. The summed E-state index contributed by atoms with van der Waals surface area (Å²) in [4.78, 5) is 11.8. The van der Waals surface area contributed by atoms with Gasteiger partial charge in [0.25, 0.3) is 5.91 Å². The Kier molecular flexibility index (Phi) is 3.26. The Bertz CT molecular complexity index is 461. The van der Waals surface area contributed by atoms with Gasteiger partial charge in [0.2, 0.25) is 0 Å². The summed E-state index contributed by atoms with van der Waals surface area (Å²) in [5.74, 6) is -0.844. The molecule has 0 atom stereocenters. The van der Waals surface area contributed by atoms with Crippen molar-refractivity contribution in [1.29, 1.82) is 0 Å². The van der Waals surface area contributed by atoms with Crippen molar-refractivity contribution in [2.45, 2.75) is 19.8 Å². The van der Waals surface area contributed by atoms with Gasteiger partial charge in [0, 0.05) is 28.8 Å². The van der Waals surface area contributed by atoms with Crippen molar-refractivity contribution in [3.05, 3.63) is 29.1 Å². The Morgan fingerprint density at radius 2 is 2.22 bits per heavy atom. The molecule has 1 saturated carbocycles. The highest BCUT2D eigenvalue weighted by Gasteiger charge is 2.42. The second kappa shape index (κ2) is 4.57. The number of benzene rings is 1. The second-order valence-electron chi connectivity index (χ2n) is 5.01. The SMILES string of the molecule is Cc1c(N)cc(C(=O)NCC2(CO)CC2)cc1F. The molecule has 1 fully saturated rings. The average molecular weight is 252 g/mol. The molecule has 0 spiro atoms. The number of nitrogens with two attached hydrogens (primary N) is 1. The Morgan fingerprint density at radius 1 is 1.56 bits per heavy atom. The van der Waals surface area contributed by atoms with E-state index in [1.54, 1.807) is 6.92 Å². The summed E-state index contributed by atoms with van der Waals surface area (Å²) in [6, 6.07) is 2.64. The number of carbonyl (C=O) groups is 1. The molecule has 1 amide bonds. The second-order valence-corrected chi connectivity index (χ2v) is 5.01. The molecule has 0 aliphatic heterocycles. The van der Waals surface area contributed by atoms with Gasteiger partial charge in [-0.05, 0) is 31.9 Å². The Morgan fingerprint density at radius 3 is 2.72 bits per heavy atom. The maximum absolute atomic E-state index is 13.5. The van der Waals surface area contributed by atoms with Crippen molar-refractivity contribution >= 4 is 11.6 Å². The summed E-state index contributed by atoms with van der Waals surface area (Å²) < 4.78 is 13.5. The van der Waals surface area contributed by atoms with E-state index < -0.39 is 5.82 Å². The monoisotopic (exact) mass is 252 g/mol. The quantitative estimate of drug-likeness (QED) is 0.705. The van der Waals surface area contributed by atoms with Crippen LogP contribution in [0.25, 0.3) is 0 Å². The summed E-state index contributed by atoms with van der Waals surface area (Å²) in [7, 11) is 0. The molecular formula is C13H17FN2O2. The largest absolute Gasteiger partial charge is 0.398 e. The molecule has 4 N–H and O–H groups in total. The maximum Gasteiger partial charge on any atom is 0.251 e. The van der Waals surface area contributed by atoms with Crippen molar-refractivity contribution in [1.82, 2.24) is 5.32 Å². The lowest BCUT2D eigenvalue weighted by atomic mass is 10.1. The molecule has 0 unspecified atom stereocenters. The number of nitrogen functional groups attached to an aromatic ring is 1. The summed E-state index contributed by atoms with van der Waals surface area (Å²) in [5, 5.41) is 11.8. The van der Waals surface area contributed by atoms with Crippen LogP contribution in [0.5, 0.6) is 0 Å². The minimum absolute atomic E-state index is 0.0671. The highest BCUT2D eigenvalue weighted by Crippen LogP contribution is 2.44. The molecule has 18 heavy (non-hydrogen) atoms. The first-order valence-corrected chi connectivity index (χ1v) is 5.92. The predicted octanol–water partition coefficient (Wildman–Crippen LogP) is 1.22. The number of carbonyl (C=O) groups excluding carboxylic acids is 1. The minimum Gasteiger partial charge on any atom is -0.398 e. The number of halogens is 1. The van der Waals surface area contributed by atoms with Gasteiger partial charge in [-0.25, -0.2) is 4.39 Å². The molecule has 1 aromatic rings. The fourth-order valence-corrected chi connectivity index (χ4v) is 1.77. The smallest absolute Gasteiger partial charge is 0.251 e. The lowest BCUT2D eigenvalue weighted by Crippen LogP contribution is -2.32. The van der Waals surface area contributed by atoms with Crippen LogP contribution in [0.4, 0.5) is 10.1 Å². The molecule has 0 aromatic heterocycles. The molecule has 1 aliphatic rings. The molecule has 0 radical (unpaired) electrons. The molecular weight excluding hydrogens is 235 g/mol. The van der Waals surface area contributed by atoms with Crippen molar-refractivity contribution in [3.63, 3.8) is 0 Å². The molecule has 5 heteroatoms. The molecule has 2 rings (SSSR count). The first-order chi connectivity index (χ1) is 8.47. The van der Waals surface area contributed by atoms with E-state index in [0.717, 1.165) is 12.8 Å². The predicted molar refractivity (Wildman–Crippen MR) is 66.6 cm³/mol. The zero-order valence-electron chi connectivity index (χ0n) is 10.3. The number of amides is 1. The van der Waals surface area contributed by atoms with Crippen molar-refractivity contribution < 1.29 is 14.3 Å². The fourth-order valence-electron chi connectivity index (χ4n) is 1.77. The van der Waals surface area contributed by atoms with E-state index in [4.69, 9.17) is 10.8 Å². The van der Waals surface area contributed by atoms with Gasteiger partial charge in [-0.3, -0.25) is 4.79 Å². The standard InChI is InChI=1S/C13H17FN2O2/c1-8-10(14)4-9(5-11(8)15)12(18)16-6-13(7-17)2-3-13/h4-5,17H,2-3,6-7,15H2,1H3,(H,16,18). The number of rotatable bonds is 4. The van der Waals surface area contributed by atoms with Crippen LogP contribution in [-0.2, 0) is 0 Å². The van der Waals surface area contributed by atoms with Crippen LogP contribution >= 0.6 is 0 Å². The Balaban J connectivity index is 2.05. The van der Waals surface area contributed by atoms with E-state index in [2.05, 4.69) is 5.32 Å². The van der Waals surface area contributed by atoms with E-state index in [0.29, 0.717) is 12.1 Å². The van der Waals surface area contributed by atoms with Gasteiger partial charge in [-0.2, -0.15) is 0 Å². The van der Waals surface area contributed by atoms with E-state index in [-0.39, 0.29) is 29.2 Å². The zero-order valence-corrected chi connectivity index (χ0v) is 10.3. The number of nitrogens with one attached hydrogen (secondary N) is 1. The minimum atomic E-state index is -0.483. The van der Waals surface area contributed by atoms with Crippen LogP contribution in [0, 0.1) is 18.2 Å². The van der Waals surface area contributed by atoms with Gasteiger partial charge in [0.1, 0.15) is 5.82 Å². The third-order valence-corrected chi connectivity index (χ3v) is 3.56. The Hall–Kier alpha value is -1.62. The summed E-state index contributed by atoms with van der Waals surface area (Å²) in [6.07, 6.45) is 1.82. The van der Waals surface area contributed by atoms with E-state index in [9.17, 15) is 9.18 Å². The third-order valence-electron chi connectivity index (χ3n) is 3.56. The van der Waals surface area contributed by atoms with Crippen LogP contribution < -0.4 is 11.1 Å². The zero-order chi connectivity index (χ0) is 13.3. The van der Waals surface area contributed by atoms with Gasteiger partial charge in [-0.1, -0.05) is 0 Å². The number of anilines is 1. The number of aliphatic hydroxyl groups is 1. The molecule has 1 aromatic carbocycles. The van der Waals surface area contributed by atoms with Gasteiger partial charge in [-0.15, -0.1) is 0 Å². The normalized spacial score (nSPS) is 16.4. The molecule has 4 nitrogen and oxygen atoms in total. The Labute approximate surface area is 105 Å². The van der Waals surface area contributed by atoms with E-state index in [1.807, 2.05) is 0 Å². The topological polar surface area (TPSA) is 75.4 Å². The van der Waals surface area contributed by atoms with Crippen LogP contribution in [-0.4, -0.2) is 24.2 Å². The first kappa shape index (κ1) is 12.8. The van der Waals surface area contributed by atoms with Crippen LogP contribution in [0.2, 0.25) is 0 Å². The maximum atomic E-state index is 13.5. The van der Waals surface area contributed by atoms with E-state index in [1.165, 1.54) is 12.1 Å². The van der Waals surface area contributed by atoms with Crippen LogP contribution in [0.3, 0.4) is 0 Å². The van der Waals surface area contributed by atoms with Crippen molar-refractivity contribution in [3.8, 4) is 0 Å². The number of hydrogen-bond donors (Lipinski definition) is 3. The molecule has 1 aliphatic carbocycles. The van der Waals surface area contributed by atoms with Crippen molar-refractivity contribution in [2.75, 3.05) is 18.9 Å². The molecule has 0 saturated heterocycles. The fraction of sp³-hybridized carbons (Fsp3) is 0.462. The highest BCUT2D eigenvalue weighted by atomic mass is 19.1. The number of hydrogen-bond acceptors (Lipinski definition) is 3. The van der Waals surface area contributed by atoms with Gasteiger partial charge in [0.05, 0.1) is 6.61 Å². The van der Waals surface area contributed by atoms with Crippen LogP contribution in [0.15, 0.2) is 12.1 Å². The van der Waals surface area contributed by atoms with Crippen LogP contribution in [0.1, 0.15) is 28.8 Å². The number of aliphatic hydroxyl groups excluding tert-OH is 1. The molecule has 0 bridgehead atoms. The van der Waals surface area contributed by atoms with Gasteiger partial charge >= 0.3 is 0 Å². The summed E-state index contributed by atoms with van der Waals surface area (Å²) >= 11 is 0. The lowest BCUT2D eigenvalue weighted by molar-refractivity contribution is 0.0935.